The number of ether oxygens (including phenoxy) is 1. The monoisotopic (exact) mass is 262 g/mol. The van der Waals surface area contributed by atoms with Gasteiger partial charge in [0.1, 0.15) is 6.61 Å². The Balaban J connectivity index is 2.13. The lowest BCUT2D eigenvalue weighted by atomic mass is 9.82. The minimum absolute atomic E-state index is 0.00808. The number of cyclic esters (lactones) is 1. The summed E-state index contributed by atoms with van der Waals surface area (Å²) in [7, 11) is 0. The van der Waals surface area contributed by atoms with E-state index in [1.54, 1.807) is 6.92 Å². The normalized spacial score (nSPS) is 33.3. The molecule has 0 fully saturated rings. The van der Waals surface area contributed by atoms with Crippen LogP contribution < -0.4 is 0 Å². The summed E-state index contributed by atoms with van der Waals surface area (Å²) in [6.07, 6.45) is 1.54. The number of Topliss-reactive ketones (excluding diaryl/α,β-unsaturated/α-hetero) is 1. The number of esters is 1. The van der Waals surface area contributed by atoms with Gasteiger partial charge in [-0.15, -0.1) is 0 Å². The highest BCUT2D eigenvalue weighted by atomic mass is 16.5. The number of carbonyl (C=O) groups excluding carboxylic acids is 2. The number of ketones is 1. The molecule has 102 valence electrons. The predicted molar refractivity (Wildman–Crippen MR) is 68.3 cm³/mol. The fourth-order valence-corrected chi connectivity index (χ4v) is 3.42. The van der Waals surface area contributed by atoms with Crippen LogP contribution in [-0.4, -0.2) is 29.1 Å². The molecule has 3 rings (SSSR count). The molecule has 0 aromatic carbocycles. The summed E-state index contributed by atoms with van der Waals surface area (Å²) in [5, 5.41) is 10.7. The summed E-state index contributed by atoms with van der Waals surface area (Å²) in [6, 6.07) is 0. The molecule has 0 saturated heterocycles. The zero-order chi connectivity index (χ0) is 14.0. The molecule has 19 heavy (non-hydrogen) atoms. The van der Waals surface area contributed by atoms with E-state index in [1.807, 2.05) is 0 Å². The molecule has 0 aromatic heterocycles. The van der Waals surface area contributed by atoms with Crippen LogP contribution in [0.25, 0.3) is 0 Å². The Morgan fingerprint density at radius 1 is 1.00 bits per heavy atom. The highest BCUT2D eigenvalue weighted by molar-refractivity contribution is 6.15. The Morgan fingerprint density at radius 2 is 1.68 bits per heavy atom. The third kappa shape index (κ3) is 1.77. The van der Waals surface area contributed by atoms with E-state index in [-0.39, 0.29) is 24.2 Å². The molecular formula is C15H18O4. The lowest BCUT2D eigenvalue weighted by Gasteiger charge is -2.27. The van der Waals surface area contributed by atoms with E-state index in [1.165, 1.54) is 0 Å². The summed E-state index contributed by atoms with van der Waals surface area (Å²) < 4.78 is 4.95. The lowest BCUT2D eigenvalue weighted by Crippen LogP contribution is -2.29. The third-order valence-corrected chi connectivity index (χ3v) is 4.35. The highest BCUT2D eigenvalue weighted by Gasteiger charge is 2.47. The molecule has 2 aliphatic carbocycles. The molecule has 1 aliphatic heterocycles. The second-order valence-corrected chi connectivity index (χ2v) is 6.79. The molecule has 1 N–H and O–H groups in total. The van der Waals surface area contributed by atoms with Gasteiger partial charge in [0.2, 0.25) is 0 Å². The van der Waals surface area contributed by atoms with Crippen LogP contribution in [0.15, 0.2) is 22.3 Å². The largest absolute Gasteiger partial charge is 0.457 e. The molecule has 4 heteroatoms. The minimum Gasteiger partial charge on any atom is -0.457 e. The van der Waals surface area contributed by atoms with Crippen LogP contribution >= 0.6 is 0 Å². The first kappa shape index (κ1) is 12.6. The number of allylic oxidation sites excluding steroid dienone is 1. The molecule has 1 atom stereocenters. The van der Waals surface area contributed by atoms with Gasteiger partial charge in [-0.25, -0.2) is 4.79 Å². The number of rotatable bonds is 0. The van der Waals surface area contributed by atoms with Crippen molar-refractivity contribution in [3.8, 4) is 0 Å². The summed E-state index contributed by atoms with van der Waals surface area (Å²) in [5.74, 6) is -0.553. The maximum Gasteiger partial charge on any atom is 0.335 e. The Hall–Kier alpha value is -1.42. The maximum absolute atomic E-state index is 12.6. The van der Waals surface area contributed by atoms with Gasteiger partial charge in [-0.1, -0.05) is 13.8 Å². The van der Waals surface area contributed by atoms with Crippen molar-refractivity contribution in [2.75, 3.05) is 6.61 Å². The fraction of sp³-hybridized carbons (Fsp3) is 0.600. The van der Waals surface area contributed by atoms with E-state index in [0.29, 0.717) is 29.6 Å². The van der Waals surface area contributed by atoms with E-state index in [2.05, 4.69) is 13.8 Å². The van der Waals surface area contributed by atoms with Crippen molar-refractivity contribution in [2.24, 2.45) is 5.41 Å². The van der Waals surface area contributed by atoms with Crippen molar-refractivity contribution in [2.45, 2.75) is 45.6 Å². The fourth-order valence-electron chi connectivity index (χ4n) is 3.42. The number of aliphatic hydroxyl groups is 1. The average molecular weight is 262 g/mol. The first-order chi connectivity index (χ1) is 8.71. The van der Waals surface area contributed by atoms with E-state index in [0.717, 1.165) is 5.57 Å². The van der Waals surface area contributed by atoms with Crippen LogP contribution in [0.2, 0.25) is 0 Å². The van der Waals surface area contributed by atoms with E-state index in [4.69, 9.17) is 4.74 Å². The van der Waals surface area contributed by atoms with Gasteiger partial charge >= 0.3 is 5.97 Å². The van der Waals surface area contributed by atoms with Crippen LogP contribution in [0.5, 0.6) is 0 Å². The molecule has 4 nitrogen and oxygen atoms in total. The van der Waals surface area contributed by atoms with Crippen molar-refractivity contribution in [3.63, 3.8) is 0 Å². The average Bonchev–Trinajstić information content (AvgIpc) is 2.78. The molecule has 0 unspecified atom stereocenters. The Morgan fingerprint density at radius 3 is 2.37 bits per heavy atom. The predicted octanol–water partition coefficient (Wildman–Crippen LogP) is 1.68. The smallest absolute Gasteiger partial charge is 0.335 e. The molecule has 0 amide bonds. The quantitative estimate of drug-likeness (QED) is 0.675. The topological polar surface area (TPSA) is 63.6 Å². The van der Waals surface area contributed by atoms with Crippen molar-refractivity contribution < 1.29 is 19.4 Å². The van der Waals surface area contributed by atoms with Crippen LogP contribution in [0, 0.1) is 5.41 Å². The first-order valence-electron chi connectivity index (χ1n) is 6.60. The number of hydrogen-bond donors (Lipinski definition) is 1. The number of hydrogen-bond acceptors (Lipinski definition) is 4. The molecule has 0 bridgehead atoms. The van der Waals surface area contributed by atoms with Crippen LogP contribution in [0.3, 0.4) is 0 Å². The zero-order valence-corrected chi connectivity index (χ0v) is 11.5. The minimum atomic E-state index is -1.13. The van der Waals surface area contributed by atoms with Gasteiger partial charge in [-0.05, 0) is 30.8 Å². The highest BCUT2D eigenvalue weighted by Crippen LogP contribution is 2.50. The van der Waals surface area contributed by atoms with Crippen LogP contribution in [0.4, 0.5) is 0 Å². The standard InChI is InChI=1S/C15H18O4/c1-14(2)4-9-11(6-14)15(3,18)5-8-10(12(9)16)7-19-13(8)17/h18H,4-7H2,1-3H3/t15-/m1/s1. The van der Waals surface area contributed by atoms with Crippen molar-refractivity contribution in [3.05, 3.63) is 22.3 Å². The number of carbonyl (C=O) groups is 2. The molecule has 0 radical (unpaired) electrons. The second kappa shape index (κ2) is 3.57. The van der Waals surface area contributed by atoms with E-state index >= 15 is 0 Å². The zero-order valence-electron chi connectivity index (χ0n) is 11.5. The first-order valence-corrected chi connectivity index (χ1v) is 6.60. The molecule has 0 saturated carbocycles. The Labute approximate surface area is 112 Å². The summed E-state index contributed by atoms with van der Waals surface area (Å²) in [4.78, 5) is 24.3. The molecule has 3 aliphatic rings. The maximum atomic E-state index is 12.6. The van der Waals surface area contributed by atoms with Crippen molar-refractivity contribution >= 4 is 11.8 Å². The van der Waals surface area contributed by atoms with E-state index < -0.39 is 11.6 Å². The molecular weight excluding hydrogens is 244 g/mol. The van der Waals surface area contributed by atoms with Gasteiger partial charge in [0.15, 0.2) is 5.78 Å². The summed E-state index contributed by atoms with van der Waals surface area (Å²) in [5.41, 5.74) is 1.18. The molecule has 1 heterocycles. The van der Waals surface area contributed by atoms with Gasteiger partial charge in [-0.3, -0.25) is 4.79 Å². The van der Waals surface area contributed by atoms with Gasteiger partial charge < -0.3 is 9.84 Å². The summed E-state index contributed by atoms with van der Waals surface area (Å²) in [6.45, 7) is 5.94. The van der Waals surface area contributed by atoms with E-state index in [9.17, 15) is 14.7 Å². The Bertz CT molecular complexity index is 561. The lowest BCUT2D eigenvalue weighted by molar-refractivity contribution is -0.136. The summed E-state index contributed by atoms with van der Waals surface area (Å²) >= 11 is 0. The molecule has 0 spiro atoms. The third-order valence-electron chi connectivity index (χ3n) is 4.35. The van der Waals surface area contributed by atoms with Crippen LogP contribution in [0.1, 0.15) is 40.0 Å². The van der Waals surface area contributed by atoms with Crippen LogP contribution in [-0.2, 0) is 14.3 Å². The second-order valence-electron chi connectivity index (χ2n) is 6.79. The van der Waals surface area contributed by atoms with Gasteiger partial charge in [0, 0.05) is 17.6 Å². The van der Waals surface area contributed by atoms with Crippen molar-refractivity contribution in [1.29, 1.82) is 0 Å². The van der Waals surface area contributed by atoms with Gasteiger partial charge in [-0.2, -0.15) is 0 Å². The van der Waals surface area contributed by atoms with Crippen molar-refractivity contribution in [1.82, 2.24) is 0 Å². The van der Waals surface area contributed by atoms with Gasteiger partial charge in [0.25, 0.3) is 0 Å². The van der Waals surface area contributed by atoms with Gasteiger partial charge in [0.05, 0.1) is 11.2 Å². The molecule has 0 aromatic rings. The SMILES string of the molecule is CC1(C)CC2=C(C1)[C@](C)(O)CC1=C(COC1=O)C2=O. The Kier molecular flexibility index (Phi) is 2.37.